The molecule has 0 fully saturated rings. The van der Waals surface area contributed by atoms with Crippen LogP contribution < -0.4 is 11.1 Å². The third kappa shape index (κ3) is 6.12. The molecule has 6 heteroatoms. The van der Waals surface area contributed by atoms with Crippen LogP contribution in [0.5, 0.6) is 0 Å². The van der Waals surface area contributed by atoms with Crippen LogP contribution in [0.25, 0.3) is 0 Å². The molecule has 1 aromatic rings. The normalized spacial score (nSPS) is 10.0. The third-order valence-electron chi connectivity index (χ3n) is 2.66. The average molecular weight is 302 g/mol. The minimum absolute atomic E-state index is 0. The number of nitrogens with one attached hydrogen (secondary N) is 1. The molecule has 0 bridgehead atoms. The summed E-state index contributed by atoms with van der Waals surface area (Å²) < 4.78 is 4.93. The highest BCUT2D eigenvalue weighted by molar-refractivity contribution is 5.91. The predicted molar refractivity (Wildman–Crippen MR) is 85.7 cm³/mol. The number of ether oxygens (including phenoxy) is 1. The highest BCUT2D eigenvalue weighted by Crippen LogP contribution is 2.20. The number of nitrogens with two attached hydrogens (primary N) is 1. The van der Waals surface area contributed by atoms with Crippen LogP contribution in [-0.4, -0.2) is 44.7 Å². The fraction of sp³-hybridized carbons (Fsp3) is 0.500. The Balaban J connectivity index is 0.00000361. The van der Waals surface area contributed by atoms with Crippen LogP contribution in [0.2, 0.25) is 0 Å². The summed E-state index contributed by atoms with van der Waals surface area (Å²) in [6.07, 6.45) is 1.03. The number of carbonyl (C=O) groups excluding carboxylic acids is 1. The Morgan fingerprint density at radius 3 is 2.65 bits per heavy atom. The van der Waals surface area contributed by atoms with Gasteiger partial charge in [0, 0.05) is 6.54 Å². The number of nitrogens with zero attached hydrogens (tertiary/aromatic N) is 1. The Bertz CT molecular complexity index is 425. The van der Waals surface area contributed by atoms with E-state index in [4.69, 9.17) is 10.5 Å². The molecular formula is C14H24ClN3O2. The molecule has 0 aromatic heterocycles. The van der Waals surface area contributed by atoms with E-state index in [2.05, 4.69) is 10.2 Å². The van der Waals surface area contributed by atoms with Gasteiger partial charge >= 0.3 is 5.97 Å². The van der Waals surface area contributed by atoms with Gasteiger partial charge in [-0.05, 0) is 52.2 Å². The monoisotopic (exact) mass is 301 g/mol. The molecule has 0 aliphatic carbocycles. The third-order valence-corrected chi connectivity index (χ3v) is 2.66. The van der Waals surface area contributed by atoms with Crippen molar-refractivity contribution in [3.63, 3.8) is 0 Å². The molecule has 20 heavy (non-hydrogen) atoms. The van der Waals surface area contributed by atoms with Crippen molar-refractivity contribution in [2.75, 3.05) is 44.8 Å². The van der Waals surface area contributed by atoms with Crippen LogP contribution in [0.3, 0.4) is 0 Å². The lowest BCUT2D eigenvalue weighted by Crippen LogP contribution is -2.16. The number of carbonyl (C=O) groups is 1. The van der Waals surface area contributed by atoms with E-state index in [0.717, 1.165) is 25.2 Å². The van der Waals surface area contributed by atoms with E-state index in [1.165, 1.54) is 0 Å². The molecule has 3 N–H and O–H groups in total. The summed E-state index contributed by atoms with van der Waals surface area (Å²) in [5, 5.41) is 3.26. The maximum absolute atomic E-state index is 11.5. The summed E-state index contributed by atoms with van der Waals surface area (Å²) in [6, 6.07) is 5.19. The number of esters is 1. The maximum atomic E-state index is 11.5. The van der Waals surface area contributed by atoms with E-state index < -0.39 is 0 Å². The molecule has 0 heterocycles. The summed E-state index contributed by atoms with van der Waals surface area (Å²) >= 11 is 0. The zero-order valence-electron chi connectivity index (χ0n) is 12.3. The van der Waals surface area contributed by atoms with Gasteiger partial charge in [0.25, 0.3) is 0 Å². The van der Waals surface area contributed by atoms with Crippen molar-refractivity contribution in [3.05, 3.63) is 23.8 Å². The van der Waals surface area contributed by atoms with Gasteiger partial charge in [-0.2, -0.15) is 0 Å². The van der Waals surface area contributed by atoms with Gasteiger partial charge in [0.15, 0.2) is 0 Å². The second-order valence-corrected chi connectivity index (χ2v) is 4.61. The van der Waals surface area contributed by atoms with Crippen molar-refractivity contribution < 1.29 is 9.53 Å². The van der Waals surface area contributed by atoms with E-state index in [9.17, 15) is 4.79 Å². The van der Waals surface area contributed by atoms with Crippen molar-refractivity contribution in [3.8, 4) is 0 Å². The van der Waals surface area contributed by atoms with Gasteiger partial charge in [-0.25, -0.2) is 4.79 Å². The SMILES string of the molecule is CCOC(=O)c1ccc(NCCCN(C)C)c(N)c1.Cl. The van der Waals surface area contributed by atoms with Crippen molar-refractivity contribution in [2.45, 2.75) is 13.3 Å². The minimum atomic E-state index is -0.339. The molecule has 114 valence electrons. The van der Waals surface area contributed by atoms with Crippen LogP contribution in [0.4, 0.5) is 11.4 Å². The van der Waals surface area contributed by atoms with Gasteiger partial charge in [0.1, 0.15) is 0 Å². The molecule has 0 unspecified atom stereocenters. The summed E-state index contributed by atoms with van der Waals surface area (Å²) in [7, 11) is 4.09. The van der Waals surface area contributed by atoms with E-state index in [1.807, 2.05) is 20.2 Å². The molecule has 0 aliphatic rings. The van der Waals surface area contributed by atoms with Crippen LogP contribution in [-0.2, 0) is 4.74 Å². The molecule has 0 radical (unpaired) electrons. The lowest BCUT2D eigenvalue weighted by molar-refractivity contribution is 0.0526. The van der Waals surface area contributed by atoms with Crippen LogP contribution >= 0.6 is 12.4 Å². The van der Waals surface area contributed by atoms with Crippen molar-refractivity contribution in [1.82, 2.24) is 4.90 Å². The highest BCUT2D eigenvalue weighted by atomic mass is 35.5. The Hall–Kier alpha value is -1.46. The molecule has 1 rings (SSSR count). The van der Waals surface area contributed by atoms with Crippen molar-refractivity contribution in [2.24, 2.45) is 0 Å². The largest absolute Gasteiger partial charge is 0.462 e. The first-order valence-corrected chi connectivity index (χ1v) is 6.49. The average Bonchev–Trinajstić information content (AvgIpc) is 2.36. The van der Waals surface area contributed by atoms with Gasteiger partial charge in [0.2, 0.25) is 0 Å². The molecule has 0 atom stereocenters. The molecule has 0 saturated heterocycles. The number of hydrogen-bond acceptors (Lipinski definition) is 5. The number of nitrogen functional groups attached to an aromatic ring is 1. The molecule has 0 spiro atoms. The molecule has 0 aliphatic heterocycles. The first-order chi connectivity index (χ1) is 9.04. The maximum Gasteiger partial charge on any atom is 0.338 e. The zero-order valence-corrected chi connectivity index (χ0v) is 13.1. The quantitative estimate of drug-likeness (QED) is 0.459. The topological polar surface area (TPSA) is 67.6 Å². The fourth-order valence-electron chi connectivity index (χ4n) is 1.68. The van der Waals surface area contributed by atoms with Gasteiger partial charge in [-0.1, -0.05) is 0 Å². The summed E-state index contributed by atoms with van der Waals surface area (Å²) in [6.45, 7) is 4.01. The Morgan fingerprint density at radius 1 is 1.40 bits per heavy atom. The highest BCUT2D eigenvalue weighted by Gasteiger charge is 2.08. The molecule has 0 amide bonds. The molecule has 1 aromatic carbocycles. The van der Waals surface area contributed by atoms with Gasteiger partial charge in [0.05, 0.1) is 23.5 Å². The predicted octanol–water partition coefficient (Wildman–Crippen LogP) is 2.23. The number of halogens is 1. The van der Waals surface area contributed by atoms with Gasteiger partial charge in [-0.15, -0.1) is 12.4 Å². The smallest absolute Gasteiger partial charge is 0.338 e. The summed E-state index contributed by atoms with van der Waals surface area (Å²) in [5.74, 6) is -0.339. The molecular weight excluding hydrogens is 278 g/mol. The minimum Gasteiger partial charge on any atom is -0.462 e. The molecule has 5 nitrogen and oxygen atoms in total. The molecule has 0 saturated carbocycles. The van der Waals surface area contributed by atoms with Gasteiger partial charge < -0.3 is 20.7 Å². The first-order valence-electron chi connectivity index (χ1n) is 6.49. The van der Waals surface area contributed by atoms with Crippen LogP contribution in [0.1, 0.15) is 23.7 Å². The van der Waals surface area contributed by atoms with E-state index in [0.29, 0.717) is 17.9 Å². The van der Waals surface area contributed by atoms with Crippen LogP contribution in [0.15, 0.2) is 18.2 Å². The zero-order chi connectivity index (χ0) is 14.3. The summed E-state index contributed by atoms with van der Waals surface area (Å²) in [4.78, 5) is 13.7. The standard InChI is InChI=1S/C14H23N3O2.ClH/c1-4-19-14(18)11-6-7-13(12(15)10-11)16-8-5-9-17(2)3;/h6-7,10,16H,4-5,8-9,15H2,1-3H3;1H. The number of benzene rings is 1. The Morgan fingerprint density at radius 2 is 2.10 bits per heavy atom. The number of anilines is 2. The second kappa shape index (κ2) is 9.44. The number of rotatable bonds is 7. The van der Waals surface area contributed by atoms with Crippen LogP contribution in [0, 0.1) is 0 Å². The van der Waals surface area contributed by atoms with E-state index in [-0.39, 0.29) is 18.4 Å². The first kappa shape index (κ1) is 18.5. The van der Waals surface area contributed by atoms with E-state index >= 15 is 0 Å². The lowest BCUT2D eigenvalue weighted by atomic mass is 10.1. The van der Waals surface area contributed by atoms with Crippen molar-refractivity contribution in [1.29, 1.82) is 0 Å². The Labute approximate surface area is 126 Å². The fourth-order valence-corrected chi connectivity index (χ4v) is 1.68. The second-order valence-electron chi connectivity index (χ2n) is 4.61. The summed E-state index contributed by atoms with van der Waals surface area (Å²) in [5.41, 5.74) is 7.82. The Kier molecular flexibility index (Phi) is 8.76. The van der Waals surface area contributed by atoms with Gasteiger partial charge in [-0.3, -0.25) is 0 Å². The van der Waals surface area contributed by atoms with E-state index in [1.54, 1.807) is 19.1 Å². The lowest BCUT2D eigenvalue weighted by Gasteiger charge is -2.12. The number of hydrogen-bond donors (Lipinski definition) is 2. The van der Waals surface area contributed by atoms with Crippen molar-refractivity contribution >= 4 is 29.8 Å².